The van der Waals surface area contributed by atoms with Crippen LogP contribution in [0.5, 0.6) is 11.5 Å². The lowest BCUT2D eigenvalue weighted by Crippen LogP contribution is -1.98. The van der Waals surface area contributed by atoms with Crippen LogP contribution < -0.4 is 9.47 Å². The molecule has 0 spiro atoms. The van der Waals surface area contributed by atoms with Crippen LogP contribution in [-0.4, -0.2) is 11.7 Å². The number of ether oxygens (including phenoxy) is 2. The van der Waals surface area contributed by atoms with E-state index in [0.717, 1.165) is 44.2 Å². The molecule has 0 fully saturated rings. The summed E-state index contributed by atoms with van der Waals surface area (Å²) in [6.07, 6.45) is 4.10. The second-order valence-corrected chi connectivity index (χ2v) is 7.23. The minimum absolute atomic E-state index is 0.492. The average Bonchev–Trinajstić information content (AvgIpc) is 3.06. The number of aromatic nitrogens is 1. The molecule has 146 valence electrons. The fourth-order valence-electron chi connectivity index (χ4n) is 3.32. The van der Waals surface area contributed by atoms with Crippen LogP contribution in [0.3, 0.4) is 0 Å². The van der Waals surface area contributed by atoms with E-state index >= 15 is 0 Å². The van der Waals surface area contributed by atoms with Gasteiger partial charge in [-0.25, -0.2) is 0 Å². The second kappa shape index (κ2) is 8.46. The number of hydrogen-bond acceptors (Lipinski definition) is 2. The van der Waals surface area contributed by atoms with Gasteiger partial charge in [-0.15, -0.1) is 0 Å². The van der Waals surface area contributed by atoms with Crippen molar-refractivity contribution in [3.05, 3.63) is 94.6 Å². The van der Waals surface area contributed by atoms with Gasteiger partial charge in [-0.05, 0) is 35.4 Å². The van der Waals surface area contributed by atoms with Gasteiger partial charge >= 0.3 is 0 Å². The van der Waals surface area contributed by atoms with Crippen LogP contribution >= 0.6 is 11.6 Å². The number of methoxy groups -OCH3 is 1. The van der Waals surface area contributed by atoms with Crippen LogP contribution in [0.25, 0.3) is 23.1 Å². The minimum atomic E-state index is 0.492. The molecule has 0 saturated carbocycles. The summed E-state index contributed by atoms with van der Waals surface area (Å²) in [4.78, 5) is 0. The van der Waals surface area contributed by atoms with Gasteiger partial charge in [-0.3, -0.25) is 0 Å². The van der Waals surface area contributed by atoms with Gasteiger partial charge in [0.05, 0.1) is 12.6 Å². The van der Waals surface area contributed by atoms with Crippen molar-refractivity contribution in [3.8, 4) is 11.5 Å². The van der Waals surface area contributed by atoms with Crippen LogP contribution in [0.2, 0.25) is 5.02 Å². The Labute approximate surface area is 175 Å². The molecule has 3 aromatic carbocycles. The van der Waals surface area contributed by atoms with E-state index in [0.29, 0.717) is 6.61 Å². The first-order chi connectivity index (χ1) is 14.2. The SMILES string of the molecule is COc1cc2cc(/C=C/c3ccccc3Cl)n(C)c2cc1OCc1ccccc1. The van der Waals surface area contributed by atoms with E-state index in [2.05, 4.69) is 16.7 Å². The van der Waals surface area contributed by atoms with Crippen LogP contribution in [0, 0.1) is 0 Å². The highest BCUT2D eigenvalue weighted by molar-refractivity contribution is 6.32. The number of fused-ring (bicyclic) bond motifs is 1. The maximum absolute atomic E-state index is 6.26. The van der Waals surface area contributed by atoms with E-state index in [9.17, 15) is 0 Å². The smallest absolute Gasteiger partial charge is 0.163 e. The average molecular weight is 404 g/mol. The summed E-state index contributed by atoms with van der Waals surface area (Å²) in [5, 5.41) is 1.83. The predicted molar refractivity (Wildman–Crippen MR) is 121 cm³/mol. The van der Waals surface area contributed by atoms with Crippen molar-refractivity contribution in [3.63, 3.8) is 0 Å². The van der Waals surface area contributed by atoms with Crippen LogP contribution in [0.15, 0.2) is 72.8 Å². The first-order valence-electron chi connectivity index (χ1n) is 9.42. The number of benzene rings is 3. The van der Waals surface area contributed by atoms with Gasteiger partial charge in [0.1, 0.15) is 6.61 Å². The molecule has 0 aliphatic carbocycles. The first kappa shape index (κ1) is 19.2. The number of rotatable bonds is 6. The number of nitrogens with zero attached hydrogens (tertiary/aromatic N) is 1. The molecule has 0 atom stereocenters. The molecule has 0 N–H and O–H groups in total. The fourth-order valence-corrected chi connectivity index (χ4v) is 3.52. The van der Waals surface area contributed by atoms with E-state index in [-0.39, 0.29) is 0 Å². The molecule has 4 heteroatoms. The van der Waals surface area contributed by atoms with E-state index in [4.69, 9.17) is 21.1 Å². The third-order valence-corrected chi connectivity index (χ3v) is 5.29. The summed E-state index contributed by atoms with van der Waals surface area (Å²) < 4.78 is 13.8. The molecule has 0 radical (unpaired) electrons. The largest absolute Gasteiger partial charge is 0.493 e. The standard InChI is InChI=1S/C25H22ClNO2/c1-27-21(13-12-19-10-6-7-11-22(19)26)14-20-15-24(28-2)25(16-23(20)27)29-17-18-8-4-3-5-9-18/h3-16H,17H2,1-2H3/b13-12+. The Morgan fingerprint density at radius 2 is 1.66 bits per heavy atom. The molecular formula is C25H22ClNO2. The van der Waals surface area contributed by atoms with E-state index < -0.39 is 0 Å². The highest BCUT2D eigenvalue weighted by atomic mass is 35.5. The third kappa shape index (κ3) is 4.15. The molecule has 3 nitrogen and oxygen atoms in total. The topological polar surface area (TPSA) is 23.4 Å². The quantitative estimate of drug-likeness (QED) is 0.362. The molecular weight excluding hydrogens is 382 g/mol. The Morgan fingerprint density at radius 3 is 2.41 bits per heavy atom. The maximum atomic E-state index is 6.26. The maximum Gasteiger partial charge on any atom is 0.163 e. The monoisotopic (exact) mass is 403 g/mol. The Morgan fingerprint density at radius 1 is 0.897 bits per heavy atom. The summed E-state index contributed by atoms with van der Waals surface area (Å²) in [5.74, 6) is 1.45. The summed E-state index contributed by atoms with van der Waals surface area (Å²) in [6, 6.07) is 24.1. The molecule has 4 aromatic rings. The molecule has 0 saturated heterocycles. The number of aryl methyl sites for hydroxylation is 1. The summed E-state index contributed by atoms with van der Waals surface area (Å²) >= 11 is 6.26. The normalized spacial score (nSPS) is 11.3. The number of hydrogen-bond donors (Lipinski definition) is 0. The van der Waals surface area contributed by atoms with Crippen molar-refractivity contribution >= 4 is 34.7 Å². The Balaban J connectivity index is 1.65. The molecule has 0 unspecified atom stereocenters. The van der Waals surface area contributed by atoms with Crippen molar-refractivity contribution in [1.82, 2.24) is 4.57 Å². The molecule has 0 bridgehead atoms. The van der Waals surface area contributed by atoms with Crippen LogP contribution in [0.1, 0.15) is 16.8 Å². The van der Waals surface area contributed by atoms with Gasteiger partial charge in [-0.2, -0.15) is 0 Å². The van der Waals surface area contributed by atoms with E-state index in [1.54, 1.807) is 7.11 Å². The highest BCUT2D eigenvalue weighted by Crippen LogP contribution is 2.34. The third-order valence-electron chi connectivity index (χ3n) is 4.94. The molecule has 0 aliphatic heterocycles. The van der Waals surface area contributed by atoms with Crippen molar-refractivity contribution < 1.29 is 9.47 Å². The van der Waals surface area contributed by atoms with Gasteiger partial charge < -0.3 is 14.0 Å². The zero-order valence-electron chi connectivity index (χ0n) is 16.4. The molecule has 4 rings (SSSR count). The van der Waals surface area contributed by atoms with Crippen molar-refractivity contribution in [1.29, 1.82) is 0 Å². The second-order valence-electron chi connectivity index (χ2n) is 6.82. The lowest BCUT2D eigenvalue weighted by Gasteiger charge is -2.12. The van der Waals surface area contributed by atoms with Crippen molar-refractivity contribution in [2.75, 3.05) is 7.11 Å². The van der Waals surface area contributed by atoms with Gasteiger partial charge in [0.25, 0.3) is 0 Å². The van der Waals surface area contributed by atoms with E-state index in [1.807, 2.05) is 79.9 Å². The predicted octanol–water partition coefficient (Wildman–Crippen LogP) is 6.59. The Kier molecular flexibility index (Phi) is 5.59. The molecule has 0 aliphatic rings. The van der Waals surface area contributed by atoms with Crippen LogP contribution in [-0.2, 0) is 13.7 Å². The zero-order valence-corrected chi connectivity index (χ0v) is 17.2. The van der Waals surface area contributed by atoms with Crippen molar-refractivity contribution in [2.24, 2.45) is 7.05 Å². The number of halogens is 1. The lowest BCUT2D eigenvalue weighted by atomic mass is 10.2. The van der Waals surface area contributed by atoms with Crippen molar-refractivity contribution in [2.45, 2.75) is 6.61 Å². The Bertz CT molecular complexity index is 1160. The molecule has 29 heavy (non-hydrogen) atoms. The summed E-state index contributed by atoms with van der Waals surface area (Å²) in [6.45, 7) is 0.492. The minimum Gasteiger partial charge on any atom is -0.493 e. The molecule has 1 heterocycles. The highest BCUT2D eigenvalue weighted by Gasteiger charge is 2.12. The lowest BCUT2D eigenvalue weighted by molar-refractivity contribution is 0.285. The van der Waals surface area contributed by atoms with Gasteiger partial charge in [-0.1, -0.05) is 66.2 Å². The van der Waals surface area contributed by atoms with Gasteiger partial charge in [0.2, 0.25) is 0 Å². The Hall–Kier alpha value is -3.17. The summed E-state index contributed by atoms with van der Waals surface area (Å²) in [7, 11) is 3.71. The zero-order chi connectivity index (χ0) is 20.2. The fraction of sp³-hybridized carbons (Fsp3) is 0.120. The van der Waals surface area contributed by atoms with Crippen LogP contribution in [0.4, 0.5) is 0 Å². The summed E-state index contributed by atoms with van der Waals surface area (Å²) in [5.41, 5.74) is 4.25. The molecule has 0 amide bonds. The molecule has 1 aromatic heterocycles. The first-order valence-corrected chi connectivity index (χ1v) is 9.80. The van der Waals surface area contributed by atoms with E-state index in [1.165, 1.54) is 0 Å². The van der Waals surface area contributed by atoms with Gasteiger partial charge in [0.15, 0.2) is 11.5 Å². The van der Waals surface area contributed by atoms with Gasteiger partial charge in [0, 0.05) is 29.2 Å².